The molecule has 0 radical (unpaired) electrons. The molecule has 1 amide bonds. The average molecular weight is 920 g/mol. The van der Waals surface area contributed by atoms with Crippen LogP contribution in [0.25, 0.3) is 0 Å². The van der Waals surface area contributed by atoms with Crippen molar-refractivity contribution < 1.29 is 72.1 Å². The Bertz CT molecular complexity index is 2200. The van der Waals surface area contributed by atoms with E-state index in [0.717, 1.165) is 0 Å². The van der Waals surface area contributed by atoms with E-state index in [-0.39, 0.29) is 30.9 Å². The average Bonchev–Trinajstić information content (AvgIpc) is 3.22. The second kappa shape index (κ2) is 18.0. The van der Waals surface area contributed by atoms with Crippen LogP contribution in [0.4, 0.5) is 4.79 Å². The van der Waals surface area contributed by atoms with Crippen molar-refractivity contribution >= 4 is 30.0 Å². The van der Waals surface area contributed by atoms with Crippen molar-refractivity contribution in [1.29, 1.82) is 0 Å². The first kappa shape index (κ1) is 49.0. The van der Waals surface area contributed by atoms with Crippen molar-refractivity contribution in [2.45, 2.75) is 167 Å². The Balaban J connectivity index is 1.44. The molecule has 2 saturated heterocycles. The molecule has 3 N–H and O–H groups in total. The van der Waals surface area contributed by atoms with Crippen molar-refractivity contribution in [2.24, 2.45) is 22.7 Å². The smallest absolute Gasteiger partial charge is 0.407 e. The number of carbonyl (C=O) groups is 5. The highest BCUT2D eigenvalue weighted by atomic mass is 16.7. The number of hydrogen-bond acceptors (Lipinski definition) is 15. The number of aliphatic hydroxyl groups excluding tert-OH is 1. The van der Waals surface area contributed by atoms with Gasteiger partial charge in [-0.2, -0.15) is 0 Å². The number of esters is 4. The Morgan fingerprint density at radius 2 is 1.52 bits per heavy atom. The summed E-state index contributed by atoms with van der Waals surface area (Å²) in [5.74, 6) is -4.57. The molecule has 16 heteroatoms. The zero-order valence-corrected chi connectivity index (χ0v) is 39.7. The second-order valence-electron chi connectivity index (χ2n) is 20.7. The Labute approximate surface area is 385 Å². The van der Waals surface area contributed by atoms with Crippen LogP contribution in [0.1, 0.15) is 118 Å². The van der Waals surface area contributed by atoms with Gasteiger partial charge in [0.25, 0.3) is 0 Å². The van der Waals surface area contributed by atoms with Crippen LogP contribution in [0.5, 0.6) is 0 Å². The molecule has 2 heterocycles. The molecule has 66 heavy (non-hydrogen) atoms. The van der Waals surface area contributed by atoms with Crippen molar-refractivity contribution in [3.63, 3.8) is 0 Å². The second-order valence-corrected chi connectivity index (χ2v) is 20.7. The number of amides is 1. The predicted octanol–water partition coefficient (Wildman–Crippen LogP) is 6.06. The molecule has 7 rings (SSSR count). The number of aliphatic hydroxyl groups is 2. The van der Waals surface area contributed by atoms with Gasteiger partial charge in [0.05, 0.1) is 30.2 Å². The Morgan fingerprint density at radius 1 is 0.879 bits per heavy atom. The largest absolute Gasteiger partial charge is 0.456 e. The molecular weight excluding hydrogens is 855 g/mol. The minimum Gasteiger partial charge on any atom is -0.456 e. The van der Waals surface area contributed by atoms with Crippen molar-refractivity contribution in [1.82, 2.24) is 5.32 Å². The third kappa shape index (κ3) is 8.75. The van der Waals surface area contributed by atoms with Gasteiger partial charge in [-0.15, -0.1) is 0 Å². The molecule has 2 aromatic carbocycles. The summed E-state index contributed by atoms with van der Waals surface area (Å²) < 4.78 is 51.4. The number of rotatable bonds is 11. The van der Waals surface area contributed by atoms with Crippen LogP contribution in [-0.4, -0.2) is 112 Å². The Hall–Kier alpha value is -4.87. The van der Waals surface area contributed by atoms with Gasteiger partial charge in [0, 0.05) is 43.1 Å². The number of alkyl carbamates (subject to hydrolysis) is 1. The summed E-state index contributed by atoms with van der Waals surface area (Å²) in [6, 6.07) is 16.3. The van der Waals surface area contributed by atoms with E-state index in [1.54, 1.807) is 71.9 Å². The fourth-order valence-electron chi connectivity index (χ4n) is 11.3. The topological polar surface area (TPSA) is 212 Å². The summed E-state index contributed by atoms with van der Waals surface area (Å²) in [5.41, 5.74) is -6.05. The summed E-state index contributed by atoms with van der Waals surface area (Å²) in [5, 5.41) is 28.3. The summed E-state index contributed by atoms with van der Waals surface area (Å²) >= 11 is 0. The van der Waals surface area contributed by atoms with Crippen molar-refractivity contribution in [2.75, 3.05) is 6.61 Å². The summed E-state index contributed by atoms with van der Waals surface area (Å²) in [6.45, 7) is 18.1. The van der Waals surface area contributed by atoms with E-state index < -0.39 is 125 Å². The van der Waals surface area contributed by atoms with Crippen LogP contribution >= 0.6 is 0 Å². The maximum absolute atomic E-state index is 14.6. The first-order valence-corrected chi connectivity index (χ1v) is 22.8. The molecule has 360 valence electrons. The van der Waals surface area contributed by atoms with Gasteiger partial charge in [-0.3, -0.25) is 9.59 Å². The molecule has 2 saturated carbocycles. The molecule has 0 unspecified atom stereocenters. The highest BCUT2D eigenvalue weighted by Gasteiger charge is 2.80. The van der Waals surface area contributed by atoms with Crippen LogP contribution in [0.3, 0.4) is 0 Å². The molecule has 4 fully saturated rings. The van der Waals surface area contributed by atoms with Gasteiger partial charge in [-0.05, 0) is 63.3 Å². The van der Waals surface area contributed by atoms with Crippen LogP contribution in [-0.2, 0) is 52.3 Å². The normalized spacial score (nSPS) is 34.1. The lowest BCUT2D eigenvalue weighted by molar-refractivity contribution is -0.413. The molecule has 0 aromatic heterocycles. The summed E-state index contributed by atoms with van der Waals surface area (Å²) in [6.07, 6.45) is -10.9. The molecular formula is C50H65NO15. The molecule has 2 bridgehead atoms. The minimum absolute atomic E-state index is 0.0970. The van der Waals surface area contributed by atoms with Crippen LogP contribution < -0.4 is 5.32 Å². The highest BCUT2D eigenvalue weighted by molar-refractivity contribution is 5.89. The highest BCUT2D eigenvalue weighted by Crippen LogP contribution is 2.68. The molecule has 2 aliphatic heterocycles. The maximum atomic E-state index is 14.6. The zero-order valence-electron chi connectivity index (χ0n) is 39.7. The summed E-state index contributed by atoms with van der Waals surface area (Å²) in [7, 11) is 0. The molecule has 13 atom stereocenters. The number of ether oxygens (including phenoxy) is 8. The van der Waals surface area contributed by atoms with Gasteiger partial charge in [0.15, 0.2) is 24.1 Å². The summed E-state index contributed by atoms with van der Waals surface area (Å²) in [4.78, 5) is 68.8. The van der Waals surface area contributed by atoms with Crippen LogP contribution in [0, 0.1) is 22.7 Å². The lowest BCUT2D eigenvalue weighted by Crippen LogP contribution is -2.83. The van der Waals surface area contributed by atoms with E-state index in [4.69, 9.17) is 37.9 Å². The van der Waals surface area contributed by atoms with E-state index >= 15 is 0 Å². The zero-order chi connectivity index (χ0) is 48.3. The lowest BCUT2D eigenvalue weighted by Gasteiger charge is -2.71. The molecule has 2 aromatic rings. The molecule has 0 spiro atoms. The van der Waals surface area contributed by atoms with Gasteiger partial charge >= 0.3 is 30.0 Å². The molecule has 5 aliphatic rings. The third-order valence-corrected chi connectivity index (χ3v) is 14.3. The van der Waals surface area contributed by atoms with E-state index in [1.807, 2.05) is 51.1 Å². The van der Waals surface area contributed by atoms with Crippen molar-refractivity contribution in [3.05, 3.63) is 82.9 Å². The monoisotopic (exact) mass is 919 g/mol. The molecule has 3 aliphatic carbocycles. The Kier molecular flexibility index (Phi) is 13.4. The van der Waals surface area contributed by atoms with Gasteiger partial charge < -0.3 is 53.4 Å². The molecule has 16 nitrogen and oxygen atoms in total. The number of nitrogens with one attached hydrogen (secondary N) is 1. The standard InChI is InChI=1S/C50H65NO15/c1-26(2)22-32(51-45(57)66-46(6,7)8)37(54)43(56)61-33-24-50(58)41(63-42(55)30-18-14-12-15-19-30)39-48(11)34(23-35-49(39,25-59-35)65-29(5)53)62-44(31-20-16-13-17-21-31)64-40(48)38(60-28(4)52)36(27(33)3)47(50,9)10/h12-21,26,32-35,37-41,44,54,58H,22-25H2,1-11H3,(H,51,57)/t32-,33-,34-,35+,37+,38+,39-,40-,41-,44-,48+,49-,50+/m0/s1. The van der Waals surface area contributed by atoms with Gasteiger partial charge in [-0.1, -0.05) is 83.1 Å². The van der Waals surface area contributed by atoms with Crippen LogP contribution in [0.2, 0.25) is 0 Å². The van der Waals surface area contributed by atoms with E-state index in [2.05, 4.69) is 5.32 Å². The fraction of sp³-hybridized carbons (Fsp3) is 0.620. The first-order chi connectivity index (χ1) is 30.8. The fourth-order valence-corrected chi connectivity index (χ4v) is 11.3. The van der Waals surface area contributed by atoms with E-state index in [9.17, 15) is 34.2 Å². The van der Waals surface area contributed by atoms with E-state index in [1.165, 1.54) is 13.8 Å². The van der Waals surface area contributed by atoms with E-state index in [0.29, 0.717) is 16.7 Å². The van der Waals surface area contributed by atoms with Gasteiger partial charge in [0.1, 0.15) is 35.6 Å². The van der Waals surface area contributed by atoms with Crippen molar-refractivity contribution in [3.8, 4) is 0 Å². The maximum Gasteiger partial charge on any atom is 0.407 e. The lowest BCUT2D eigenvalue weighted by atomic mass is 9.44. The first-order valence-electron chi connectivity index (χ1n) is 22.8. The Morgan fingerprint density at radius 3 is 2.08 bits per heavy atom. The number of benzene rings is 2. The number of hydrogen-bond donors (Lipinski definition) is 3. The van der Waals surface area contributed by atoms with Gasteiger partial charge in [0.2, 0.25) is 0 Å². The number of carbonyl (C=O) groups excluding carboxylic acids is 5. The SMILES string of the molecule is CC(=O)O[C@@H]1C2=C(C)[C@@H](OC(=O)[C@H](O)[C@H](CC(C)C)NC(=O)OC(C)(C)C)C[C@@](O)([C@@H](OC(=O)c3ccccc3)[C@@H]3[C@]4(OC(C)=O)CO[C@@H]4C[C@@H]4O[C@H](c5ccccc5)O[C@@H]1[C@]43C)C2(C)C. The quantitative estimate of drug-likeness (QED) is 0.133. The number of fused-ring (bicyclic) bond motifs is 4. The predicted molar refractivity (Wildman–Crippen MR) is 235 cm³/mol. The minimum atomic E-state index is -2.24. The third-order valence-electron chi connectivity index (χ3n) is 14.3. The van der Waals surface area contributed by atoms with Gasteiger partial charge in [-0.25, -0.2) is 14.4 Å². The van der Waals surface area contributed by atoms with Crippen LogP contribution in [0.15, 0.2) is 71.8 Å².